The quantitative estimate of drug-likeness (QED) is 0.201. The fourth-order valence-corrected chi connectivity index (χ4v) is 7.51. The average molecular weight is 574 g/mol. The van der Waals surface area contributed by atoms with Crippen LogP contribution in [-0.4, -0.2) is 42.3 Å². The Bertz CT molecular complexity index is 1500. The van der Waals surface area contributed by atoms with Crippen LogP contribution < -0.4 is 14.9 Å². The number of ether oxygens (including phenoxy) is 4. The van der Waals surface area contributed by atoms with Gasteiger partial charge < -0.3 is 18.9 Å². The van der Waals surface area contributed by atoms with Crippen LogP contribution in [0.4, 0.5) is 5.69 Å². The number of methoxy groups -OCH3 is 1. The van der Waals surface area contributed by atoms with Gasteiger partial charge in [-0.15, -0.1) is 0 Å². The molecule has 222 valence electrons. The Kier molecular flexibility index (Phi) is 6.89. The molecule has 1 spiro atoms. The number of aryl methyl sites for hydroxylation is 1. The summed E-state index contributed by atoms with van der Waals surface area (Å²) in [4.78, 5) is 16.8. The van der Waals surface area contributed by atoms with E-state index in [1.807, 2.05) is 62.4 Å². The second-order valence-corrected chi connectivity index (χ2v) is 12.5. The maximum absolute atomic E-state index is 6.57. The van der Waals surface area contributed by atoms with Gasteiger partial charge in [-0.2, -0.15) is 5.10 Å². The van der Waals surface area contributed by atoms with E-state index in [2.05, 4.69) is 29.4 Å². The highest BCUT2D eigenvalue weighted by Gasteiger charge is 2.69. The van der Waals surface area contributed by atoms with E-state index < -0.39 is 24.0 Å². The second-order valence-electron chi connectivity index (χ2n) is 12.5. The Hall–Kier alpha value is -3.24. The molecule has 8 rings (SSSR count). The third kappa shape index (κ3) is 4.63. The van der Waals surface area contributed by atoms with E-state index in [1.165, 1.54) is 0 Å². The monoisotopic (exact) mass is 573 g/mol. The number of hydrazone groups is 1. The number of pyridine rings is 1. The summed E-state index contributed by atoms with van der Waals surface area (Å²) in [5.41, 5.74) is 6.17. The van der Waals surface area contributed by atoms with Crippen molar-refractivity contribution in [1.29, 1.82) is 0 Å². The lowest BCUT2D eigenvalue weighted by molar-refractivity contribution is -0.575. The summed E-state index contributed by atoms with van der Waals surface area (Å²) in [5, 5.41) is 5.43. The lowest BCUT2D eigenvalue weighted by Crippen LogP contribution is -2.70. The van der Waals surface area contributed by atoms with Gasteiger partial charge >= 0.3 is 0 Å². The molecule has 42 heavy (non-hydrogen) atoms. The van der Waals surface area contributed by atoms with Gasteiger partial charge in [0.05, 0.1) is 24.5 Å². The summed E-state index contributed by atoms with van der Waals surface area (Å²) < 4.78 is 24.9. The summed E-state index contributed by atoms with van der Waals surface area (Å²) in [7, 11) is 1.66. The highest BCUT2D eigenvalue weighted by molar-refractivity contribution is 5.93. The zero-order valence-electron chi connectivity index (χ0n) is 24.8. The molecule has 0 amide bonds. The molecule has 5 aliphatic rings. The van der Waals surface area contributed by atoms with Crippen LogP contribution in [0.25, 0.3) is 10.9 Å². The largest absolute Gasteiger partial charge is 0.497 e. The van der Waals surface area contributed by atoms with Crippen LogP contribution in [0.5, 0.6) is 11.5 Å². The predicted octanol–water partition coefficient (Wildman–Crippen LogP) is 6.58. The summed E-state index contributed by atoms with van der Waals surface area (Å²) in [5.74, 6) is 1.89. The van der Waals surface area contributed by atoms with E-state index in [4.69, 9.17) is 28.7 Å². The number of fused-ring (bicyclic) bond motifs is 3. The molecule has 5 fully saturated rings. The van der Waals surface area contributed by atoms with Crippen molar-refractivity contribution in [3.63, 3.8) is 0 Å². The topological polar surface area (TPSA) is 92.7 Å². The first-order valence-electron chi connectivity index (χ1n) is 15.0. The second kappa shape index (κ2) is 10.5. The smallest absolute Gasteiger partial charge is 0.205 e. The van der Waals surface area contributed by atoms with Gasteiger partial charge in [0.2, 0.25) is 12.1 Å². The molecule has 1 N–H and O–H groups in total. The Morgan fingerprint density at radius 2 is 1.81 bits per heavy atom. The lowest BCUT2D eigenvalue weighted by Gasteiger charge is -2.60. The minimum atomic E-state index is -0.801. The van der Waals surface area contributed by atoms with Crippen LogP contribution >= 0.6 is 0 Å². The maximum Gasteiger partial charge on any atom is 0.205 e. The summed E-state index contributed by atoms with van der Waals surface area (Å²) in [6.07, 6.45) is 4.80. The van der Waals surface area contributed by atoms with Crippen LogP contribution in [0.2, 0.25) is 0 Å². The molecule has 2 bridgehead atoms. The van der Waals surface area contributed by atoms with Gasteiger partial charge in [0, 0.05) is 29.3 Å². The molecular weight excluding hydrogens is 534 g/mol. The number of rotatable bonds is 6. The van der Waals surface area contributed by atoms with Crippen LogP contribution in [0.1, 0.15) is 57.7 Å². The van der Waals surface area contributed by atoms with Gasteiger partial charge in [0.15, 0.2) is 11.9 Å². The third-order valence-electron chi connectivity index (χ3n) is 9.77. The first-order chi connectivity index (χ1) is 20.3. The number of hydrogen-bond donors (Lipinski definition) is 1. The van der Waals surface area contributed by atoms with Crippen LogP contribution in [-0.2, 0) is 19.2 Å². The zero-order valence-corrected chi connectivity index (χ0v) is 24.8. The number of benzene rings is 2. The van der Waals surface area contributed by atoms with Gasteiger partial charge in [-0.05, 0) is 99.0 Å². The first-order valence-corrected chi connectivity index (χ1v) is 15.0. The summed E-state index contributed by atoms with van der Waals surface area (Å²) >= 11 is 0. The molecule has 4 aliphatic heterocycles. The van der Waals surface area contributed by atoms with Gasteiger partial charge in [0.25, 0.3) is 0 Å². The SMILES string of the molecule is COc1ccc2nc(C)cc(N/N=C/c3ccc(O[C@H]4O[C@@H]5O[C@@]6(C)CC[C@H]7[C@H](C)CC[C@@H]([C@H]4C)[C@@]57OO6)cc3)c2c1. The Balaban J connectivity index is 1.05. The Morgan fingerprint density at radius 3 is 2.62 bits per heavy atom. The molecule has 3 aromatic rings. The molecule has 1 aromatic heterocycles. The standard InChI is InChI=1S/C33H39N3O6/c1-19-6-12-27-21(3)30(39-31-33(27)26(19)14-15-32(4,40-31)41-42-33)38-23-9-7-22(8-10-23)18-34-36-29-16-20(2)35-28-13-11-24(37-5)17-25(28)29/h7-11,13,16-19,21,26-27,30-31H,6,12,14-15H2,1-5H3,(H,35,36)/b34-18+/t19-,21-,26+,27+,30+,31-,32-,33-/m1/s1. The Labute approximate surface area is 246 Å². The maximum atomic E-state index is 6.57. The van der Waals surface area contributed by atoms with E-state index in [0.717, 1.165) is 65.0 Å². The molecule has 0 unspecified atom stereocenters. The van der Waals surface area contributed by atoms with Crippen LogP contribution in [0.3, 0.4) is 0 Å². The molecule has 9 nitrogen and oxygen atoms in total. The molecular formula is C33H39N3O6. The van der Waals surface area contributed by atoms with Gasteiger partial charge in [-0.1, -0.05) is 13.8 Å². The van der Waals surface area contributed by atoms with E-state index in [1.54, 1.807) is 13.3 Å². The normalized spacial score (nSPS) is 35.5. The fraction of sp³-hybridized carbons (Fsp3) is 0.515. The van der Waals surface area contributed by atoms with Crippen molar-refractivity contribution in [2.45, 2.75) is 77.3 Å². The minimum absolute atomic E-state index is 0.105. The number of nitrogens with zero attached hydrogens (tertiary/aromatic N) is 2. The number of nitrogens with one attached hydrogen (secondary N) is 1. The molecule has 1 saturated carbocycles. The van der Waals surface area contributed by atoms with Crippen molar-refractivity contribution in [1.82, 2.24) is 4.98 Å². The highest BCUT2D eigenvalue weighted by Crippen LogP contribution is 2.60. The van der Waals surface area contributed by atoms with Crippen molar-refractivity contribution >= 4 is 22.8 Å². The third-order valence-corrected chi connectivity index (χ3v) is 9.77. The molecule has 9 heteroatoms. The number of hydrogen-bond acceptors (Lipinski definition) is 9. The molecule has 2 aromatic carbocycles. The minimum Gasteiger partial charge on any atom is -0.497 e. The van der Waals surface area contributed by atoms with Crippen LogP contribution in [0.15, 0.2) is 53.6 Å². The van der Waals surface area contributed by atoms with Crippen molar-refractivity contribution < 1.29 is 28.7 Å². The fourth-order valence-electron chi connectivity index (χ4n) is 7.51. The summed E-state index contributed by atoms with van der Waals surface area (Å²) in [6.45, 7) is 8.43. The zero-order chi connectivity index (χ0) is 29.1. The van der Waals surface area contributed by atoms with Gasteiger partial charge in [0.1, 0.15) is 11.5 Å². The van der Waals surface area contributed by atoms with Gasteiger partial charge in [-0.3, -0.25) is 10.4 Å². The van der Waals surface area contributed by atoms with Crippen LogP contribution in [0, 0.1) is 30.6 Å². The van der Waals surface area contributed by atoms with Crippen molar-refractivity contribution in [3.8, 4) is 11.5 Å². The van der Waals surface area contributed by atoms with E-state index in [9.17, 15) is 0 Å². The molecule has 8 atom stereocenters. The van der Waals surface area contributed by atoms with E-state index in [-0.39, 0.29) is 11.8 Å². The molecule has 4 saturated heterocycles. The van der Waals surface area contributed by atoms with Crippen molar-refractivity contribution in [2.24, 2.45) is 28.8 Å². The average Bonchev–Trinajstić information content (AvgIpc) is 3.22. The molecule has 1 aliphatic carbocycles. The van der Waals surface area contributed by atoms with Crippen molar-refractivity contribution in [2.75, 3.05) is 12.5 Å². The number of aromatic nitrogens is 1. The predicted molar refractivity (Wildman–Crippen MR) is 158 cm³/mol. The molecule has 5 heterocycles. The first kappa shape index (κ1) is 27.6. The summed E-state index contributed by atoms with van der Waals surface area (Å²) in [6, 6.07) is 15.7. The Morgan fingerprint density at radius 1 is 1.00 bits per heavy atom. The molecule has 0 radical (unpaired) electrons. The van der Waals surface area contributed by atoms with Gasteiger partial charge in [-0.25, -0.2) is 9.78 Å². The van der Waals surface area contributed by atoms with E-state index in [0.29, 0.717) is 11.8 Å². The van der Waals surface area contributed by atoms with Crippen molar-refractivity contribution in [3.05, 3.63) is 59.8 Å². The lowest BCUT2D eigenvalue weighted by atomic mass is 9.58. The van der Waals surface area contributed by atoms with E-state index >= 15 is 0 Å². The number of anilines is 1. The highest BCUT2D eigenvalue weighted by atomic mass is 17.3.